The molecule has 1 aliphatic heterocycles. The van der Waals surface area contributed by atoms with Gasteiger partial charge in [-0.2, -0.15) is 0 Å². The average molecular weight is 218 g/mol. The molecule has 1 saturated heterocycles. The Bertz CT molecular complexity index is 350. The van der Waals surface area contributed by atoms with Crippen molar-refractivity contribution in [1.82, 2.24) is 5.32 Å². The summed E-state index contributed by atoms with van der Waals surface area (Å²) in [5.41, 5.74) is 1.09. The average Bonchev–Trinajstić information content (AvgIpc) is 2.74. The largest absolute Gasteiger partial charge is 0.382 e. The van der Waals surface area contributed by atoms with Crippen LogP contribution in [0.2, 0.25) is 0 Å². The zero-order valence-corrected chi connectivity index (χ0v) is 9.57. The second kappa shape index (κ2) is 5.01. The molecule has 0 spiro atoms. The summed E-state index contributed by atoms with van der Waals surface area (Å²) in [5.74, 6) is 0.306. The quantitative estimate of drug-likeness (QED) is 0.811. The lowest BCUT2D eigenvalue weighted by atomic mass is 9.96. The zero-order valence-electron chi connectivity index (χ0n) is 9.57. The van der Waals surface area contributed by atoms with Gasteiger partial charge in [-0.25, -0.2) is 0 Å². The molecule has 16 heavy (non-hydrogen) atoms. The fourth-order valence-corrected chi connectivity index (χ4v) is 2.23. The highest BCUT2D eigenvalue weighted by Crippen LogP contribution is 2.20. The Balaban J connectivity index is 2.03. The summed E-state index contributed by atoms with van der Waals surface area (Å²) in [5, 5.41) is 6.33. The molecule has 1 aromatic carbocycles. The second-order valence-electron chi connectivity index (χ2n) is 4.21. The molecule has 86 valence electrons. The van der Waals surface area contributed by atoms with Crippen LogP contribution in [0.25, 0.3) is 0 Å². The van der Waals surface area contributed by atoms with Gasteiger partial charge in [0, 0.05) is 18.3 Å². The first kappa shape index (κ1) is 11.0. The van der Waals surface area contributed by atoms with Crippen LogP contribution in [0.15, 0.2) is 30.3 Å². The number of benzene rings is 1. The van der Waals surface area contributed by atoms with Gasteiger partial charge in [-0.05, 0) is 25.0 Å². The van der Waals surface area contributed by atoms with E-state index in [1.807, 2.05) is 30.3 Å². The minimum Gasteiger partial charge on any atom is -0.382 e. The van der Waals surface area contributed by atoms with E-state index in [1.165, 1.54) is 0 Å². The molecule has 1 aliphatic rings. The van der Waals surface area contributed by atoms with Crippen molar-refractivity contribution >= 4 is 11.6 Å². The van der Waals surface area contributed by atoms with Gasteiger partial charge in [-0.1, -0.05) is 25.1 Å². The van der Waals surface area contributed by atoms with E-state index in [0.29, 0.717) is 0 Å². The van der Waals surface area contributed by atoms with Crippen molar-refractivity contribution in [3.8, 4) is 0 Å². The summed E-state index contributed by atoms with van der Waals surface area (Å²) in [6, 6.07) is 10.3. The number of carbonyl (C=O) groups excluding carboxylic acids is 1. The molecule has 2 rings (SSSR count). The van der Waals surface area contributed by atoms with Crippen molar-refractivity contribution in [3.63, 3.8) is 0 Å². The highest BCUT2D eigenvalue weighted by molar-refractivity contribution is 5.81. The molecular formula is C13H18N2O. The van der Waals surface area contributed by atoms with Gasteiger partial charge in [-0.15, -0.1) is 0 Å². The fraction of sp³-hybridized carbons (Fsp3) is 0.462. The number of amides is 1. The third-order valence-corrected chi connectivity index (χ3v) is 3.14. The van der Waals surface area contributed by atoms with Gasteiger partial charge in [-0.3, -0.25) is 4.79 Å². The number of carbonyl (C=O) groups is 1. The van der Waals surface area contributed by atoms with Crippen LogP contribution >= 0.6 is 0 Å². The van der Waals surface area contributed by atoms with Crippen LogP contribution in [0.3, 0.4) is 0 Å². The van der Waals surface area contributed by atoms with Gasteiger partial charge in [0.15, 0.2) is 0 Å². The topological polar surface area (TPSA) is 41.1 Å². The molecule has 3 nitrogen and oxygen atoms in total. The molecule has 2 N–H and O–H groups in total. The number of hydrogen-bond acceptors (Lipinski definition) is 2. The maximum Gasteiger partial charge on any atom is 0.225 e. The van der Waals surface area contributed by atoms with Crippen LogP contribution in [-0.2, 0) is 4.79 Å². The molecule has 2 atom stereocenters. The third-order valence-electron chi connectivity index (χ3n) is 3.14. The van der Waals surface area contributed by atoms with E-state index in [9.17, 15) is 4.79 Å². The van der Waals surface area contributed by atoms with E-state index in [-0.39, 0.29) is 17.9 Å². The summed E-state index contributed by atoms with van der Waals surface area (Å²) in [6.07, 6.45) is 1.91. The Morgan fingerprint density at radius 1 is 1.44 bits per heavy atom. The van der Waals surface area contributed by atoms with Gasteiger partial charge in [0.1, 0.15) is 0 Å². The smallest absolute Gasteiger partial charge is 0.225 e. The van der Waals surface area contributed by atoms with Crippen molar-refractivity contribution < 1.29 is 4.79 Å². The van der Waals surface area contributed by atoms with Crippen LogP contribution in [0.4, 0.5) is 5.69 Å². The van der Waals surface area contributed by atoms with Gasteiger partial charge in [0.25, 0.3) is 0 Å². The first-order valence-electron chi connectivity index (χ1n) is 5.90. The lowest BCUT2D eigenvalue weighted by molar-refractivity contribution is -0.122. The summed E-state index contributed by atoms with van der Waals surface area (Å²) in [4.78, 5) is 11.6. The molecule has 0 aliphatic carbocycles. The number of rotatable bonds is 4. The molecule has 0 aromatic heterocycles. The predicted molar refractivity (Wildman–Crippen MR) is 65.3 cm³/mol. The molecule has 0 bridgehead atoms. The van der Waals surface area contributed by atoms with Gasteiger partial charge < -0.3 is 10.6 Å². The van der Waals surface area contributed by atoms with Crippen LogP contribution < -0.4 is 10.6 Å². The highest BCUT2D eigenvalue weighted by atomic mass is 16.2. The standard InChI is InChI=1S/C13H18N2O/c1-2-12(11-8-9-14-13(11)16)15-10-6-4-3-5-7-10/h3-7,11-12,15H,2,8-9H2,1H3,(H,14,16)/t11-,12?/m0/s1. The normalized spacial score (nSPS) is 21.6. The Hall–Kier alpha value is -1.51. The maximum atomic E-state index is 11.6. The van der Waals surface area contributed by atoms with E-state index < -0.39 is 0 Å². The summed E-state index contributed by atoms with van der Waals surface area (Å²) in [6.45, 7) is 2.93. The fourth-order valence-electron chi connectivity index (χ4n) is 2.23. The van der Waals surface area contributed by atoms with Crippen LogP contribution in [0, 0.1) is 5.92 Å². The van der Waals surface area contributed by atoms with Gasteiger partial charge in [0.2, 0.25) is 5.91 Å². The molecule has 0 saturated carbocycles. The molecular weight excluding hydrogens is 200 g/mol. The molecule has 3 heteroatoms. The van der Waals surface area contributed by atoms with Crippen LogP contribution in [0.5, 0.6) is 0 Å². The van der Waals surface area contributed by atoms with Crippen molar-refractivity contribution in [2.75, 3.05) is 11.9 Å². The minimum absolute atomic E-state index is 0.116. The van der Waals surface area contributed by atoms with E-state index in [2.05, 4.69) is 17.6 Å². The first-order chi connectivity index (χ1) is 7.81. The first-order valence-corrected chi connectivity index (χ1v) is 5.90. The number of nitrogens with one attached hydrogen (secondary N) is 2. The monoisotopic (exact) mass is 218 g/mol. The number of anilines is 1. The van der Waals surface area contributed by atoms with Crippen molar-refractivity contribution in [2.45, 2.75) is 25.8 Å². The lowest BCUT2D eigenvalue weighted by Gasteiger charge is -2.22. The third kappa shape index (κ3) is 2.35. The maximum absolute atomic E-state index is 11.6. The summed E-state index contributed by atoms with van der Waals surface area (Å²) < 4.78 is 0. The highest BCUT2D eigenvalue weighted by Gasteiger charge is 2.30. The van der Waals surface area contributed by atoms with Gasteiger partial charge in [0.05, 0.1) is 5.92 Å². The van der Waals surface area contributed by atoms with Gasteiger partial charge >= 0.3 is 0 Å². The Kier molecular flexibility index (Phi) is 3.44. The molecule has 1 aromatic rings. The van der Waals surface area contributed by atoms with E-state index >= 15 is 0 Å². The lowest BCUT2D eigenvalue weighted by Crippen LogP contribution is -2.33. The zero-order chi connectivity index (χ0) is 11.4. The van der Waals surface area contributed by atoms with Crippen LogP contribution in [0.1, 0.15) is 19.8 Å². The summed E-state index contributed by atoms with van der Waals surface area (Å²) >= 11 is 0. The van der Waals surface area contributed by atoms with Crippen LogP contribution in [-0.4, -0.2) is 18.5 Å². The Morgan fingerprint density at radius 3 is 2.75 bits per heavy atom. The molecule has 0 radical (unpaired) electrons. The molecule has 1 fully saturated rings. The molecule has 1 amide bonds. The number of hydrogen-bond donors (Lipinski definition) is 2. The van der Waals surface area contributed by atoms with Crippen molar-refractivity contribution in [2.24, 2.45) is 5.92 Å². The predicted octanol–water partition coefficient (Wildman–Crippen LogP) is 2.01. The van der Waals surface area contributed by atoms with Crippen molar-refractivity contribution in [1.29, 1.82) is 0 Å². The minimum atomic E-state index is 0.116. The second-order valence-corrected chi connectivity index (χ2v) is 4.21. The number of para-hydroxylation sites is 1. The van der Waals surface area contributed by atoms with Crippen molar-refractivity contribution in [3.05, 3.63) is 30.3 Å². The van der Waals surface area contributed by atoms with E-state index in [0.717, 1.165) is 25.1 Å². The Morgan fingerprint density at radius 2 is 2.19 bits per heavy atom. The Labute approximate surface area is 96.2 Å². The van der Waals surface area contributed by atoms with E-state index in [4.69, 9.17) is 0 Å². The molecule has 1 heterocycles. The molecule has 1 unspecified atom stereocenters. The summed E-state index contributed by atoms with van der Waals surface area (Å²) in [7, 11) is 0. The SMILES string of the molecule is CCC(Nc1ccccc1)[C@@H]1CCNC1=O. The van der Waals surface area contributed by atoms with E-state index in [1.54, 1.807) is 0 Å².